The molecule has 1 N–H and O–H groups in total. The zero-order valence-corrected chi connectivity index (χ0v) is 11.5. The van der Waals surface area contributed by atoms with Crippen molar-refractivity contribution in [3.05, 3.63) is 23.9 Å². The third kappa shape index (κ3) is 4.14. The van der Waals surface area contributed by atoms with E-state index >= 15 is 0 Å². The fourth-order valence-corrected chi connectivity index (χ4v) is 2.27. The van der Waals surface area contributed by atoms with Gasteiger partial charge in [0.2, 0.25) is 0 Å². The highest BCUT2D eigenvalue weighted by atomic mass is 32.2. The molecule has 0 bridgehead atoms. The molecule has 0 aliphatic heterocycles. The molecule has 1 aromatic heterocycles. The number of hydrogen-bond donors (Lipinski definition) is 1. The SMILES string of the molecule is CCNCc1cccnc1SC(C)C(C)C. The summed E-state index contributed by atoms with van der Waals surface area (Å²) in [5, 5.41) is 5.13. The summed E-state index contributed by atoms with van der Waals surface area (Å²) in [5.74, 6) is 0.680. The first-order valence-electron chi connectivity index (χ1n) is 5.96. The Balaban J connectivity index is 2.70. The van der Waals surface area contributed by atoms with E-state index in [1.54, 1.807) is 0 Å². The minimum atomic E-state index is 0.607. The quantitative estimate of drug-likeness (QED) is 0.770. The number of aromatic nitrogens is 1. The van der Waals surface area contributed by atoms with Crippen LogP contribution in [0.4, 0.5) is 0 Å². The molecule has 1 heterocycles. The second kappa shape index (κ2) is 6.92. The van der Waals surface area contributed by atoms with Crippen molar-refractivity contribution in [2.24, 2.45) is 5.92 Å². The van der Waals surface area contributed by atoms with E-state index in [0.29, 0.717) is 11.2 Å². The minimum Gasteiger partial charge on any atom is -0.313 e. The van der Waals surface area contributed by atoms with E-state index in [0.717, 1.165) is 13.1 Å². The third-order valence-electron chi connectivity index (χ3n) is 2.65. The molecular weight excluding hydrogens is 216 g/mol. The number of hydrogen-bond acceptors (Lipinski definition) is 3. The summed E-state index contributed by atoms with van der Waals surface area (Å²) in [4.78, 5) is 4.48. The molecule has 0 radical (unpaired) electrons. The Morgan fingerprint density at radius 3 is 2.75 bits per heavy atom. The molecule has 1 aromatic rings. The van der Waals surface area contributed by atoms with E-state index < -0.39 is 0 Å². The van der Waals surface area contributed by atoms with Crippen molar-refractivity contribution < 1.29 is 0 Å². The normalized spacial score (nSPS) is 13.1. The highest BCUT2D eigenvalue weighted by molar-refractivity contribution is 7.99. The summed E-state index contributed by atoms with van der Waals surface area (Å²) >= 11 is 1.88. The van der Waals surface area contributed by atoms with E-state index in [4.69, 9.17) is 0 Å². The Labute approximate surface area is 103 Å². The Kier molecular flexibility index (Phi) is 5.85. The Bertz CT molecular complexity index is 313. The lowest BCUT2D eigenvalue weighted by atomic mass is 10.2. The molecule has 0 aromatic carbocycles. The molecule has 1 atom stereocenters. The van der Waals surface area contributed by atoms with E-state index in [2.05, 4.69) is 44.1 Å². The van der Waals surface area contributed by atoms with Crippen LogP contribution in [0.5, 0.6) is 0 Å². The summed E-state index contributed by atoms with van der Waals surface area (Å²) in [6.07, 6.45) is 1.88. The lowest BCUT2D eigenvalue weighted by Gasteiger charge is -2.16. The molecule has 2 nitrogen and oxygen atoms in total. The number of nitrogens with zero attached hydrogens (tertiary/aromatic N) is 1. The fourth-order valence-electron chi connectivity index (χ4n) is 1.24. The predicted octanol–water partition coefficient (Wildman–Crippen LogP) is 3.33. The average molecular weight is 238 g/mol. The number of thioether (sulfide) groups is 1. The van der Waals surface area contributed by atoms with Crippen LogP contribution in [0.1, 0.15) is 33.3 Å². The lowest BCUT2D eigenvalue weighted by Crippen LogP contribution is -2.14. The van der Waals surface area contributed by atoms with Gasteiger partial charge in [0.05, 0.1) is 0 Å². The van der Waals surface area contributed by atoms with Crippen LogP contribution < -0.4 is 5.32 Å². The number of nitrogens with one attached hydrogen (secondary N) is 1. The molecule has 0 aliphatic carbocycles. The molecule has 0 amide bonds. The van der Waals surface area contributed by atoms with Gasteiger partial charge in [0, 0.05) is 18.0 Å². The van der Waals surface area contributed by atoms with Crippen molar-refractivity contribution in [3.8, 4) is 0 Å². The maximum Gasteiger partial charge on any atom is 0.101 e. The molecule has 1 rings (SSSR count). The van der Waals surface area contributed by atoms with Gasteiger partial charge in [-0.1, -0.05) is 33.8 Å². The van der Waals surface area contributed by atoms with Gasteiger partial charge in [-0.2, -0.15) is 0 Å². The monoisotopic (exact) mass is 238 g/mol. The second-order valence-electron chi connectivity index (χ2n) is 4.31. The van der Waals surface area contributed by atoms with Gasteiger partial charge in [-0.05, 0) is 24.1 Å². The summed E-state index contributed by atoms with van der Waals surface area (Å²) in [5.41, 5.74) is 1.31. The van der Waals surface area contributed by atoms with Crippen molar-refractivity contribution in [2.75, 3.05) is 6.54 Å². The van der Waals surface area contributed by atoms with Crippen molar-refractivity contribution in [3.63, 3.8) is 0 Å². The van der Waals surface area contributed by atoms with E-state index in [1.807, 2.05) is 24.0 Å². The molecule has 1 unspecified atom stereocenters. The van der Waals surface area contributed by atoms with Crippen LogP contribution in [-0.2, 0) is 6.54 Å². The third-order valence-corrected chi connectivity index (χ3v) is 4.16. The molecule has 3 heteroatoms. The Hall–Kier alpha value is -0.540. The van der Waals surface area contributed by atoms with Crippen LogP contribution in [0.3, 0.4) is 0 Å². The van der Waals surface area contributed by atoms with Crippen LogP contribution in [-0.4, -0.2) is 16.8 Å². The van der Waals surface area contributed by atoms with Crippen molar-refractivity contribution in [1.29, 1.82) is 0 Å². The highest BCUT2D eigenvalue weighted by Gasteiger charge is 2.12. The smallest absolute Gasteiger partial charge is 0.101 e. The average Bonchev–Trinajstić information content (AvgIpc) is 2.27. The van der Waals surface area contributed by atoms with Gasteiger partial charge in [-0.3, -0.25) is 0 Å². The van der Waals surface area contributed by atoms with Gasteiger partial charge in [-0.25, -0.2) is 4.98 Å². The number of pyridine rings is 1. The predicted molar refractivity (Wildman–Crippen MR) is 71.8 cm³/mol. The van der Waals surface area contributed by atoms with Crippen molar-refractivity contribution in [1.82, 2.24) is 10.3 Å². The standard InChI is InChI=1S/C13H22N2S/c1-5-14-9-12-7-6-8-15-13(12)16-11(4)10(2)3/h6-8,10-11,14H,5,9H2,1-4H3. The van der Waals surface area contributed by atoms with Gasteiger partial charge in [-0.15, -0.1) is 11.8 Å². The van der Waals surface area contributed by atoms with Gasteiger partial charge in [0.15, 0.2) is 0 Å². The minimum absolute atomic E-state index is 0.607. The molecule has 0 spiro atoms. The van der Waals surface area contributed by atoms with E-state index in [1.165, 1.54) is 10.6 Å². The molecule has 90 valence electrons. The van der Waals surface area contributed by atoms with Crippen LogP contribution in [0, 0.1) is 5.92 Å². The molecular formula is C13H22N2S. The van der Waals surface area contributed by atoms with E-state index in [-0.39, 0.29) is 0 Å². The Morgan fingerprint density at radius 1 is 1.38 bits per heavy atom. The zero-order valence-electron chi connectivity index (χ0n) is 10.7. The fraction of sp³-hybridized carbons (Fsp3) is 0.615. The Morgan fingerprint density at radius 2 is 2.12 bits per heavy atom. The molecule has 16 heavy (non-hydrogen) atoms. The zero-order chi connectivity index (χ0) is 12.0. The highest BCUT2D eigenvalue weighted by Crippen LogP contribution is 2.28. The van der Waals surface area contributed by atoms with Gasteiger partial charge in [0.1, 0.15) is 5.03 Å². The van der Waals surface area contributed by atoms with Crippen LogP contribution >= 0.6 is 11.8 Å². The summed E-state index contributed by atoms with van der Waals surface area (Å²) in [7, 11) is 0. The van der Waals surface area contributed by atoms with Crippen molar-refractivity contribution >= 4 is 11.8 Å². The van der Waals surface area contributed by atoms with Crippen LogP contribution in [0.15, 0.2) is 23.4 Å². The van der Waals surface area contributed by atoms with Crippen LogP contribution in [0.25, 0.3) is 0 Å². The molecule has 0 saturated carbocycles. The maximum absolute atomic E-state index is 4.48. The largest absolute Gasteiger partial charge is 0.313 e. The summed E-state index contributed by atoms with van der Waals surface area (Å²) in [6.45, 7) is 10.8. The van der Waals surface area contributed by atoms with E-state index in [9.17, 15) is 0 Å². The van der Waals surface area contributed by atoms with Crippen LogP contribution in [0.2, 0.25) is 0 Å². The number of rotatable bonds is 6. The maximum atomic E-state index is 4.48. The lowest BCUT2D eigenvalue weighted by molar-refractivity contribution is 0.640. The molecule has 0 fully saturated rings. The molecule has 0 saturated heterocycles. The first kappa shape index (κ1) is 13.5. The first-order chi connectivity index (χ1) is 7.65. The summed E-state index contributed by atoms with van der Waals surface area (Å²) < 4.78 is 0. The van der Waals surface area contributed by atoms with Gasteiger partial charge < -0.3 is 5.32 Å². The molecule has 0 aliphatic rings. The van der Waals surface area contributed by atoms with Crippen molar-refractivity contribution in [2.45, 2.75) is 44.5 Å². The topological polar surface area (TPSA) is 24.9 Å². The first-order valence-corrected chi connectivity index (χ1v) is 6.84. The van der Waals surface area contributed by atoms with Gasteiger partial charge >= 0.3 is 0 Å². The summed E-state index contributed by atoms with van der Waals surface area (Å²) in [6, 6.07) is 4.17. The van der Waals surface area contributed by atoms with Gasteiger partial charge in [0.25, 0.3) is 0 Å². The second-order valence-corrected chi connectivity index (χ2v) is 5.68.